The molecule has 0 bridgehead atoms. The number of rotatable bonds is 2. The lowest BCUT2D eigenvalue weighted by molar-refractivity contribution is -0.135. The Bertz CT molecular complexity index is 627. The second-order valence-electron chi connectivity index (χ2n) is 5.38. The number of carbonyl (C=O) groups excluding carboxylic acids is 2. The first kappa shape index (κ1) is 14.7. The monoisotopic (exact) mass is 328 g/mol. The number of halogens is 2. The summed E-state index contributed by atoms with van der Waals surface area (Å²) >= 11 is 7.41. The average Bonchev–Trinajstić information content (AvgIpc) is 2.91. The molecule has 0 aliphatic carbocycles. The van der Waals surface area contributed by atoms with E-state index in [2.05, 4.69) is 5.32 Å². The molecule has 4 nitrogen and oxygen atoms in total. The number of nitrogens with one attached hydrogen (secondary N) is 1. The van der Waals surface area contributed by atoms with Gasteiger partial charge < -0.3 is 10.2 Å². The van der Waals surface area contributed by atoms with E-state index in [4.69, 9.17) is 11.6 Å². The quantitative estimate of drug-likeness (QED) is 0.908. The fourth-order valence-corrected chi connectivity index (χ4v) is 4.43. The zero-order valence-electron chi connectivity index (χ0n) is 11.4. The van der Waals surface area contributed by atoms with Gasteiger partial charge in [0.15, 0.2) is 0 Å². The van der Waals surface area contributed by atoms with Gasteiger partial charge >= 0.3 is 0 Å². The van der Waals surface area contributed by atoms with Crippen LogP contribution in [0.5, 0.6) is 0 Å². The lowest BCUT2D eigenvalue weighted by Crippen LogP contribution is -2.48. The molecule has 112 valence electrons. The number of fused-ring (bicyclic) bond motifs is 1. The van der Waals surface area contributed by atoms with Crippen LogP contribution in [0.3, 0.4) is 0 Å². The van der Waals surface area contributed by atoms with Gasteiger partial charge in [0.05, 0.1) is 10.6 Å². The molecular formula is C14H14ClFN2O2S. The number of amides is 2. The fraction of sp³-hybridized carbons (Fsp3) is 0.429. The number of thioether (sulfide) groups is 1. The minimum absolute atomic E-state index is 0.0192. The molecule has 3 rings (SSSR count). The van der Waals surface area contributed by atoms with Crippen molar-refractivity contribution in [2.45, 2.75) is 30.7 Å². The summed E-state index contributed by atoms with van der Waals surface area (Å²) in [5.74, 6) is -0.415. The molecule has 1 aromatic carbocycles. The van der Waals surface area contributed by atoms with E-state index in [9.17, 15) is 14.0 Å². The highest BCUT2D eigenvalue weighted by molar-refractivity contribution is 8.01. The number of hydrogen-bond acceptors (Lipinski definition) is 3. The summed E-state index contributed by atoms with van der Waals surface area (Å²) in [6.07, 6.45) is 1.20. The molecule has 1 N–H and O–H groups in total. The summed E-state index contributed by atoms with van der Waals surface area (Å²) in [5.41, 5.74) is 0.0396. The number of hydrogen-bond donors (Lipinski definition) is 1. The van der Waals surface area contributed by atoms with Gasteiger partial charge in [0, 0.05) is 17.2 Å². The minimum Gasteiger partial charge on any atom is -0.322 e. The maximum absolute atomic E-state index is 13.7. The predicted octanol–water partition coefficient (Wildman–Crippen LogP) is 2.87. The van der Waals surface area contributed by atoms with E-state index in [1.54, 1.807) is 16.7 Å². The summed E-state index contributed by atoms with van der Waals surface area (Å²) in [7, 11) is 0. The standard InChI is InChI=1S/C14H14ClFN2O2S/c1-14-5-4-12(19)18(14)11(7-21-14)13(20)17-10-6-8(15)2-3-9(10)16/h2-3,6,11H,4-5,7H2,1H3,(H,17,20). The average molecular weight is 329 g/mol. The van der Waals surface area contributed by atoms with E-state index < -0.39 is 11.9 Å². The predicted molar refractivity (Wildman–Crippen MR) is 80.8 cm³/mol. The van der Waals surface area contributed by atoms with Crippen molar-refractivity contribution < 1.29 is 14.0 Å². The number of carbonyl (C=O) groups is 2. The van der Waals surface area contributed by atoms with Gasteiger partial charge in [0.25, 0.3) is 0 Å². The van der Waals surface area contributed by atoms with Crippen LogP contribution in [0.1, 0.15) is 19.8 Å². The third-order valence-corrected chi connectivity index (χ3v) is 5.67. The number of anilines is 1. The maximum atomic E-state index is 13.7. The van der Waals surface area contributed by atoms with Gasteiger partial charge in [-0.15, -0.1) is 11.8 Å². The Morgan fingerprint density at radius 2 is 2.33 bits per heavy atom. The molecule has 2 saturated heterocycles. The van der Waals surface area contributed by atoms with Crippen LogP contribution in [0.25, 0.3) is 0 Å². The Kier molecular flexibility index (Phi) is 3.61. The Hall–Kier alpha value is -1.27. The van der Waals surface area contributed by atoms with Gasteiger partial charge in [-0.05, 0) is 31.5 Å². The van der Waals surface area contributed by atoms with Crippen LogP contribution in [0.15, 0.2) is 18.2 Å². The Labute approximate surface area is 131 Å². The Balaban J connectivity index is 1.80. The zero-order valence-corrected chi connectivity index (χ0v) is 12.9. The van der Waals surface area contributed by atoms with Crippen molar-refractivity contribution in [2.24, 2.45) is 0 Å². The molecule has 2 amide bonds. The topological polar surface area (TPSA) is 49.4 Å². The van der Waals surface area contributed by atoms with Crippen molar-refractivity contribution in [2.75, 3.05) is 11.1 Å². The van der Waals surface area contributed by atoms with Crippen molar-refractivity contribution in [1.29, 1.82) is 0 Å². The van der Waals surface area contributed by atoms with Gasteiger partial charge in [0.2, 0.25) is 11.8 Å². The largest absolute Gasteiger partial charge is 0.322 e. The summed E-state index contributed by atoms with van der Waals surface area (Å²) in [5, 5.41) is 2.88. The summed E-state index contributed by atoms with van der Waals surface area (Å²) < 4.78 is 13.7. The van der Waals surface area contributed by atoms with E-state index in [1.807, 2.05) is 6.92 Å². The van der Waals surface area contributed by atoms with Crippen LogP contribution < -0.4 is 5.32 Å². The first-order valence-electron chi connectivity index (χ1n) is 6.63. The maximum Gasteiger partial charge on any atom is 0.248 e. The SMILES string of the molecule is CC12CCC(=O)N1C(C(=O)Nc1cc(Cl)ccc1F)CS2. The van der Waals surface area contributed by atoms with Gasteiger partial charge in [0.1, 0.15) is 11.9 Å². The highest BCUT2D eigenvalue weighted by Crippen LogP contribution is 2.47. The van der Waals surface area contributed by atoms with Crippen molar-refractivity contribution in [3.8, 4) is 0 Å². The first-order chi connectivity index (χ1) is 9.90. The van der Waals surface area contributed by atoms with E-state index in [1.165, 1.54) is 18.2 Å². The van der Waals surface area contributed by atoms with E-state index in [0.29, 0.717) is 17.2 Å². The molecule has 21 heavy (non-hydrogen) atoms. The van der Waals surface area contributed by atoms with E-state index >= 15 is 0 Å². The highest BCUT2D eigenvalue weighted by atomic mass is 35.5. The van der Waals surface area contributed by atoms with Gasteiger partial charge in [-0.25, -0.2) is 4.39 Å². The summed E-state index contributed by atoms with van der Waals surface area (Å²) in [4.78, 5) is 25.7. The molecule has 2 unspecified atom stereocenters. The van der Waals surface area contributed by atoms with Gasteiger partial charge in [-0.1, -0.05) is 11.6 Å². The Morgan fingerprint density at radius 3 is 3.10 bits per heavy atom. The normalized spacial score (nSPS) is 27.9. The van der Waals surface area contributed by atoms with Crippen LogP contribution >= 0.6 is 23.4 Å². The number of nitrogens with zero attached hydrogens (tertiary/aromatic N) is 1. The smallest absolute Gasteiger partial charge is 0.248 e. The van der Waals surface area contributed by atoms with Crippen molar-refractivity contribution >= 4 is 40.9 Å². The van der Waals surface area contributed by atoms with Crippen LogP contribution in [-0.2, 0) is 9.59 Å². The van der Waals surface area contributed by atoms with Crippen molar-refractivity contribution in [3.63, 3.8) is 0 Å². The van der Waals surface area contributed by atoms with Crippen LogP contribution in [0, 0.1) is 5.82 Å². The first-order valence-corrected chi connectivity index (χ1v) is 7.99. The van der Waals surface area contributed by atoms with Gasteiger partial charge in [-0.2, -0.15) is 0 Å². The van der Waals surface area contributed by atoms with Crippen LogP contribution in [0.2, 0.25) is 5.02 Å². The molecule has 2 fully saturated rings. The molecule has 0 spiro atoms. The van der Waals surface area contributed by atoms with E-state index in [-0.39, 0.29) is 22.4 Å². The molecule has 7 heteroatoms. The van der Waals surface area contributed by atoms with Gasteiger partial charge in [-0.3, -0.25) is 9.59 Å². The molecule has 2 atom stereocenters. The molecule has 2 aliphatic heterocycles. The van der Waals surface area contributed by atoms with Crippen LogP contribution in [-0.4, -0.2) is 33.4 Å². The molecule has 1 aromatic rings. The minimum atomic E-state index is -0.562. The van der Waals surface area contributed by atoms with Crippen LogP contribution in [0.4, 0.5) is 10.1 Å². The molecule has 2 heterocycles. The number of benzene rings is 1. The third kappa shape index (κ3) is 2.51. The Morgan fingerprint density at radius 1 is 1.57 bits per heavy atom. The van der Waals surface area contributed by atoms with E-state index in [0.717, 1.165) is 6.42 Å². The second kappa shape index (κ2) is 5.18. The molecule has 0 aromatic heterocycles. The lowest BCUT2D eigenvalue weighted by atomic mass is 10.2. The fourth-order valence-electron chi connectivity index (χ4n) is 2.82. The van der Waals surface area contributed by atoms with Crippen molar-refractivity contribution in [1.82, 2.24) is 4.90 Å². The molecule has 0 radical (unpaired) electrons. The molecular weight excluding hydrogens is 315 g/mol. The molecule has 0 saturated carbocycles. The summed E-state index contributed by atoms with van der Waals surface area (Å²) in [6.45, 7) is 1.97. The lowest BCUT2D eigenvalue weighted by Gasteiger charge is -2.29. The second-order valence-corrected chi connectivity index (χ2v) is 7.32. The summed E-state index contributed by atoms with van der Waals surface area (Å²) in [6, 6.07) is 3.42. The third-order valence-electron chi connectivity index (χ3n) is 3.93. The highest BCUT2D eigenvalue weighted by Gasteiger charge is 2.52. The van der Waals surface area contributed by atoms with Crippen molar-refractivity contribution in [3.05, 3.63) is 29.0 Å². The zero-order chi connectivity index (χ0) is 15.2. The molecule has 2 aliphatic rings.